The highest BCUT2D eigenvalue weighted by Gasteiger charge is 2.30. The van der Waals surface area contributed by atoms with E-state index in [4.69, 9.17) is 11.6 Å². The maximum Gasteiger partial charge on any atom is 0.416 e. The third-order valence-electron chi connectivity index (χ3n) is 4.87. The average molecular weight is 421 g/mol. The van der Waals surface area contributed by atoms with Gasteiger partial charge in [0.25, 0.3) is 5.56 Å². The van der Waals surface area contributed by atoms with Crippen molar-refractivity contribution in [3.05, 3.63) is 80.5 Å². The van der Waals surface area contributed by atoms with Crippen molar-refractivity contribution in [2.45, 2.75) is 25.7 Å². The van der Waals surface area contributed by atoms with Crippen molar-refractivity contribution in [2.75, 3.05) is 6.54 Å². The van der Waals surface area contributed by atoms with Crippen LogP contribution in [0.2, 0.25) is 5.02 Å². The fraction of sp³-hybridized carbons (Fsp3) is 0.250. The predicted octanol–water partition coefficient (Wildman–Crippen LogP) is 4.06. The monoisotopic (exact) mass is 420 g/mol. The van der Waals surface area contributed by atoms with Crippen molar-refractivity contribution >= 4 is 11.6 Å². The van der Waals surface area contributed by atoms with E-state index in [2.05, 4.69) is 19.9 Å². The molecule has 5 nitrogen and oxygen atoms in total. The summed E-state index contributed by atoms with van der Waals surface area (Å²) in [5.41, 5.74) is 1.51. The molecule has 0 amide bonds. The Kier molecular flexibility index (Phi) is 5.14. The molecule has 1 N–H and O–H groups in total. The van der Waals surface area contributed by atoms with Gasteiger partial charge in [-0.05, 0) is 18.2 Å². The van der Waals surface area contributed by atoms with Crippen LogP contribution in [-0.2, 0) is 25.7 Å². The number of H-pyrrole nitrogens is 1. The van der Waals surface area contributed by atoms with E-state index < -0.39 is 11.7 Å². The molecule has 0 saturated carbocycles. The lowest BCUT2D eigenvalue weighted by atomic mass is 10.1. The summed E-state index contributed by atoms with van der Waals surface area (Å²) in [6.45, 7) is 1.66. The molecule has 0 bridgehead atoms. The lowest BCUT2D eigenvalue weighted by Gasteiger charge is -2.27. The highest BCUT2D eigenvalue weighted by atomic mass is 35.5. The van der Waals surface area contributed by atoms with Gasteiger partial charge in [-0.15, -0.1) is 0 Å². The van der Waals surface area contributed by atoms with Crippen LogP contribution >= 0.6 is 11.6 Å². The molecule has 4 rings (SSSR count). The van der Waals surface area contributed by atoms with Gasteiger partial charge in [0.05, 0.1) is 16.8 Å². The van der Waals surface area contributed by atoms with Gasteiger partial charge in [0.15, 0.2) is 0 Å². The smallest absolute Gasteiger partial charge is 0.306 e. The number of benzene rings is 1. The molecule has 1 aliphatic heterocycles. The van der Waals surface area contributed by atoms with Crippen LogP contribution in [0.5, 0.6) is 0 Å². The van der Waals surface area contributed by atoms with Gasteiger partial charge in [-0.25, -0.2) is 4.98 Å². The average Bonchev–Trinajstić information content (AvgIpc) is 2.69. The fourth-order valence-corrected chi connectivity index (χ4v) is 3.50. The van der Waals surface area contributed by atoms with Crippen LogP contribution in [0.3, 0.4) is 0 Å². The zero-order valence-electron chi connectivity index (χ0n) is 15.1. The summed E-state index contributed by atoms with van der Waals surface area (Å²) >= 11 is 6.19. The van der Waals surface area contributed by atoms with Gasteiger partial charge in [-0.1, -0.05) is 23.7 Å². The predicted molar refractivity (Wildman–Crippen MR) is 102 cm³/mol. The minimum Gasteiger partial charge on any atom is -0.306 e. The van der Waals surface area contributed by atoms with Gasteiger partial charge in [-0.3, -0.25) is 14.7 Å². The van der Waals surface area contributed by atoms with Crippen LogP contribution in [0.25, 0.3) is 11.4 Å². The van der Waals surface area contributed by atoms with Gasteiger partial charge < -0.3 is 4.98 Å². The van der Waals surface area contributed by atoms with Crippen molar-refractivity contribution in [3.8, 4) is 11.4 Å². The van der Waals surface area contributed by atoms with Crippen molar-refractivity contribution in [2.24, 2.45) is 0 Å². The normalized spacial score (nSPS) is 14.6. The number of aromatic nitrogens is 3. The lowest BCUT2D eigenvalue weighted by molar-refractivity contribution is -0.137. The number of fused-ring (bicyclic) bond motifs is 1. The zero-order valence-corrected chi connectivity index (χ0v) is 15.9. The first-order valence-corrected chi connectivity index (χ1v) is 9.29. The van der Waals surface area contributed by atoms with Gasteiger partial charge in [0.1, 0.15) is 5.82 Å². The number of aromatic amines is 1. The number of nitrogens with zero attached hydrogens (tertiary/aromatic N) is 3. The van der Waals surface area contributed by atoms with E-state index in [9.17, 15) is 18.0 Å². The Labute approximate surface area is 169 Å². The number of hydrogen-bond donors (Lipinski definition) is 1. The van der Waals surface area contributed by atoms with Gasteiger partial charge in [0, 0.05) is 54.6 Å². The summed E-state index contributed by atoms with van der Waals surface area (Å²) < 4.78 is 38.2. The second-order valence-electron chi connectivity index (χ2n) is 6.84. The molecule has 0 aliphatic carbocycles. The molecule has 150 valence electrons. The fourth-order valence-electron chi connectivity index (χ4n) is 3.34. The van der Waals surface area contributed by atoms with E-state index >= 15 is 0 Å². The van der Waals surface area contributed by atoms with E-state index in [1.807, 2.05) is 0 Å². The molecule has 3 heterocycles. The number of nitrogens with one attached hydrogen (secondary N) is 1. The topological polar surface area (TPSA) is 61.9 Å². The quantitative estimate of drug-likeness (QED) is 0.694. The van der Waals surface area contributed by atoms with Crippen molar-refractivity contribution in [1.29, 1.82) is 0 Å². The van der Waals surface area contributed by atoms with Crippen molar-refractivity contribution in [3.63, 3.8) is 0 Å². The zero-order chi connectivity index (χ0) is 20.6. The number of alkyl halides is 3. The summed E-state index contributed by atoms with van der Waals surface area (Å²) in [6.07, 6.45) is -0.524. The van der Waals surface area contributed by atoms with Crippen LogP contribution in [0.15, 0.2) is 47.5 Å². The molecular weight excluding hydrogens is 405 g/mol. The largest absolute Gasteiger partial charge is 0.416 e. The van der Waals surface area contributed by atoms with E-state index in [-0.39, 0.29) is 11.4 Å². The Balaban J connectivity index is 1.57. The summed E-state index contributed by atoms with van der Waals surface area (Å²) in [6, 6.07) is 6.31. The van der Waals surface area contributed by atoms with Crippen LogP contribution in [0, 0.1) is 0 Å². The first-order valence-electron chi connectivity index (χ1n) is 8.92. The van der Waals surface area contributed by atoms with Gasteiger partial charge in [0.2, 0.25) is 0 Å². The lowest BCUT2D eigenvalue weighted by Crippen LogP contribution is -2.35. The van der Waals surface area contributed by atoms with E-state index in [1.165, 1.54) is 12.1 Å². The molecule has 1 aliphatic rings. The molecule has 29 heavy (non-hydrogen) atoms. The highest BCUT2D eigenvalue weighted by molar-refractivity contribution is 6.31. The molecule has 0 unspecified atom stereocenters. The van der Waals surface area contributed by atoms with Crippen LogP contribution in [0.4, 0.5) is 13.2 Å². The number of rotatable bonds is 3. The molecule has 0 spiro atoms. The van der Waals surface area contributed by atoms with Crippen LogP contribution < -0.4 is 5.56 Å². The van der Waals surface area contributed by atoms with E-state index in [0.29, 0.717) is 47.9 Å². The minimum atomic E-state index is -4.41. The molecule has 2 aromatic heterocycles. The third-order valence-corrected chi connectivity index (χ3v) is 5.24. The molecule has 0 radical (unpaired) electrons. The van der Waals surface area contributed by atoms with Crippen molar-refractivity contribution < 1.29 is 13.2 Å². The summed E-state index contributed by atoms with van der Waals surface area (Å²) in [5.74, 6) is 0.270. The maximum atomic E-state index is 12.7. The summed E-state index contributed by atoms with van der Waals surface area (Å²) in [5, 5.41) is 0.621. The van der Waals surface area contributed by atoms with Gasteiger partial charge >= 0.3 is 6.18 Å². The second-order valence-corrected chi connectivity index (χ2v) is 7.25. The first kappa shape index (κ1) is 19.6. The van der Waals surface area contributed by atoms with Crippen molar-refractivity contribution in [1.82, 2.24) is 19.9 Å². The molecule has 0 saturated heterocycles. The van der Waals surface area contributed by atoms with E-state index in [0.717, 1.165) is 17.7 Å². The Morgan fingerprint density at radius 3 is 2.62 bits per heavy atom. The molecule has 0 atom stereocenters. The first-order chi connectivity index (χ1) is 13.8. The maximum absolute atomic E-state index is 12.7. The summed E-state index contributed by atoms with van der Waals surface area (Å²) in [4.78, 5) is 26.0. The minimum absolute atomic E-state index is 0.270. The number of pyridine rings is 1. The van der Waals surface area contributed by atoms with Crippen LogP contribution in [-0.4, -0.2) is 26.4 Å². The standard InChI is InChI=1S/C20H16ClF3N4O/c21-16-5-7-25-9-13(16)10-28-8-6-17-15(11-28)19(29)27-18(26-17)12-1-3-14(4-2-12)20(22,23)24/h1-5,7,9H,6,8,10-11H2,(H,26,27,29). The Morgan fingerprint density at radius 2 is 1.93 bits per heavy atom. The molecule has 3 aromatic rings. The summed E-state index contributed by atoms with van der Waals surface area (Å²) in [7, 11) is 0. The molecule has 1 aromatic carbocycles. The second kappa shape index (κ2) is 7.61. The molecule has 9 heteroatoms. The van der Waals surface area contributed by atoms with E-state index in [1.54, 1.807) is 18.5 Å². The Hall–Kier alpha value is -2.71. The molecular formula is C20H16ClF3N4O. The third kappa shape index (κ3) is 4.18. The van der Waals surface area contributed by atoms with Gasteiger partial charge in [-0.2, -0.15) is 13.2 Å². The number of hydrogen-bond acceptors (Lipinski definition) is 4. The Bertz CT molecular complexity index is 1100. The number of halogens is 4. The Morgan fingerprint density at radius 1 is 1.17 bits per heavy atom. The molecule has 0 fully saturated rings. The van der Waals surface area contributed by atoms with Crippen LogP contribution in [0.1, 0.15) is 22.4 Å². The SMILES string of the molecule is O=c1[nH]c(-c2ccc(C(F)(F)F)cc2)nc2c1CN(Cc1cnccc1Cl)CC2. The highest BCUT2D eigenvalue weighted by Crippen LogP contribution is 2.30.